The van der Waals surface area contributed by atoms with Gasteiger partial charge in [0.15, 0.2) is 0 Å². The molecule has 1 aliphatic heterocycles. The number of aromatic amines is 1. The van der Waals surface area contributed by atoms with Gasteiger partial charge in [-0.25, -0.2) is 4.98 Å². The number of aromatic nitrogens is 4. The van der Waals surface area contributed by atoms with E-state index in [-0.39, 0.29) is 18.9 Å². The number of morpholine rings is 1. The molecule has 0 atom stereocenters. The predicted octanol–water partition coefficient (Wildman–Crippen LogP) is 3.18. The van der Waals surface area contributed by atoms with Crippen molar-refractivity contribution in [2.75, 3.05) is 31.6 Å². The quantitative estimate of drug-likeness (QED) is 0.499. The summed E-state index contributed by atoms with van der Waals surface area (Å²) in [5.74, 6) is 0.433. The second-order valence-corrected chi connectivity index (χ2v) is 7.63. The van der Waals surface area contributed by atoms with Gasteiger partial charge in [-0.1, -0.05) is 7.43 Å². The molecule has 33 heavy (non-hydrogen) atoms. The topological polar surface area (TPSA) is 105 Å². The van der Waals surface area contributed by atoms with Gasteiger partial charge in [-0.15, -0.1) is 0 Å². The van der Waals surface area contributed by atoms with Gasteiger partial charge < -0.3 is 19.9 Å². The maximum absolute atomic E-state index is 12.7. The number of pyridine rings is 2. The average molecular weight is 447 g/mol. The number of benzene rings is 1. The van der Waals surface area contributed by atoms with Gasteiger partial charge in [0.25, 0.3) is 11.5 Å². The summed E-state index contributed by atoms with van der Waals surface area (Å²) in [6, 6.07) is 9.03. The van der Waals surface area contributed by atoms with E-state index in [9.17, 15) is 9.59 Å². The first-order valence-corrected chi connectivity index (χ1v) is 10.3. The molecule has 0 unspecified atom stereocenters. The minimum absolute atomic E-state index is 0. The SMILES string of the molecule is C.Cn1cc(-c2cnc(Nc3ccc(C(=O)N4CCOCC4)cc3)c3c(=O)[nH]ccc23)cn1. The molecule has 0 saturated carbocycles. The molecular weight excluding hydrogens is 420 g/mol. The maximum Gasteiger partial charge on any atom is 0.259 e. The van der Waals surface area contributed by atoms with Crippen molar-refractivity contribution in [1.82, 2.24) is 24.6 Å². The number of carbonyl (C=O) groups is 1. The lowest BCUT2D eigenvalue weighted by Gasteiger charge is -2.26. The third kappa shape index (κ3) is 4.35. The van der Waals surface area contributed by atoms with Crippen LogP contribution in [0.3, 0.4) is 0 Å². The highest BCUT2D eigenvalue weighted by Gasteiger charge is 2.18. The van der Waals surface area contributed by atoms with Crippen LogP contribution in [-0.4, -0.2) is 56.9 Å². The first-order chi connectivity index (χ1) is 15.6. The largest absolute Gasteiger partial charge is 0.378 e. The molecule has 2 N–H and O–H groups in total. The molecule has 1 aromatic carbocycles. The second-order valence-electron chi connectivity index (χ2n) is 7.63. The molecule has 4 aromatic rings. The Bertz CT molecular complexity index is 1340. The molecule has 0 radical (unpaired) electrons. The van der Waals surface area contributed by atoms with Crippen LogP contribution in [0.25, 0.3) is 21.9 Å². The number of carbonyl (C=O) groups excluding carboxylic acids is 1. The summed E-state index contributed by atoms with van der Waals surface area (Å²) in [5.41, 5.74) is 2.82. The van der Waals surface area contributed by atoms with Crippen LogP contribution >= 0.6 is 0 Å². The fraction of sp³-hybridized carbons (Fsp3) is 0.250. The maximum atomic E-state index is 12.7. The number of ether oxygens (including phenoxy) is 1. The third-order valence-corrected chi connectivity index (χ3v) is 5.52. The lowest BCUT2D eigenvalue weighted by molar-refractivity contribution is 0.0303. The van der Waals surface area contributed by atoms with Gasteiger partial charge in [0.05, 0.1) is 24.8 Å². The number of anilines is 2. The van der Waals surface area contributed by atoms with Crippen molar-refractivity contribution in [3.8, 4) is 11.1 Å². The van der Waals surface area contributed by atoms with Gasteiger partial charge >= 0.3 is 0 Å². The molecule has 5 rings (SSSR count). The minimum Gasteiger partial charge on any atom is -0.378 e. The van der Waals surface area contributed by atoms with Crippen molar-refractivity contribution < 1.29 is 9.53 Å². The summed E-state index contributed by atoms with van der Waals surface area (Å²) in [7, 11) is 1.84. The molecule has 3 aromatic heterocycles. The summed E-state index contributed by atoms with van der Waals surface area (Å²) >= 11 is 0. The van der Waals surface area contributed by atoms with Crippen molar-refractivity contribution in [3.63, 3.8) is 0 Å². The van der Waals surface area contributed by atoms with Crippen molar-refractivity contribution in [1.29, 1.82) is 0 Å². The van der Waals surface area contributed by atoms with E-state index in [1.807, 2.05) is 31.4 Å². The van der Waals surface area contributed by atoms with Crippen LogP contribution < -0.4 is 10.9 Å². The molecule has 9 nitrogen and oxygen atoms in total. The number of nitrogens with one attached hydrogen (secondary N) is 2. The standard InChI is InChI=1S/C23H22N6O3.CH4/c1-28-14-16(12-26-28)19-13-25-21(20-18(19)6-7-24-22(20)30)27-17-4-2-15(3-5-17)23(31)29-8-10-32-11-9-29;/h2-7,12-14H,8-11H2,1H3,(H,24,30)(H,25,27);1H4. The smallest absolute Gasteiger partial charge is 0.259 e. The van der Waals surface area contributed by atoms with Gasteiger partial charge in [-0.05, 0) is 30.3 Å². The molecule has 9 heteroatoms. The lowest BCUT2D eigenvalue weighted by Crippen LogP contribution is -2.40. The van der Waals surface area contributed by atoms with E-state index in [0.717, 1.165) is 22.2 Å². The zero-order chi connectivity index (χ0) is 22.1. The predicted molar refractivity (Wildman–Crippen MR) is 128 cm³/mol. The van der Waals surface area contributed by atoms with E-state index < -0.39 is 0 Å². The van der Waals surface area contributed by atoms with Gasteiger partial charge in [-0.2, -0.15) is 5.10 Å². The van der Waals surface area contributed by atoms with Crippen LogP contribution in [0.1, 0.15) is 17.8 Å². The Hall–Kier alpha value is -3.98. The fourth-order valence-electron chi connectivity index (χ4n) is 3.87. The Balaban J connectivity index is 0.00000259. The number of amides is 1. The Labute approximate surface area is 191 Å². The first kappa shape index (κ1) is 22.2. The average Bonchev–Trinajstić information content (AvgIpc) is 3.26. The van der Waals surface area contributed by atoms with E-state index in [0.29, 0.717) is 43.1 Å². The Morgan fingerprint density at radius 2 is 1.88 bits per heavy atom. The Kier molecular flexibility index (Phi) is 6.23. The monoisotopic (exact) mass is 446 g/mol. The van der Waals surface area contributed by atoms with Crippen LogP contribution in [0.5, 0.6) is 0 Å². The number of hydrogen-bond donors (Lipinski definition) is 2. The zero-order valence-electron chi connectivity index (χ0n) is 17.5. The molecular formula is C24H26N6O3. The molecule has 170 valence electrons. The van der Waals surface area contributed by atoms with E-state index in [1.54, 1.807) is 40.3 Å². The molecule has 1 aliphatic rings. The van der Waals surface area contributed by atoms with Gasteiger partial charge in [0.2, 0.25) is 0 Å². The zero-order valence-corrected chi connectivity index (χ0v) is 17.5. The van der Waals surface area contributed by atoms with Crippen LogP contribution in [0.2, 0.25) is 0 Å². The molecule has 1 saturated heterocycles. The molecule has 1 amide bonds. The molecule has 0 aliphatic carbocycles. The van der Waals surface area contributed by atoms with Crippen LogP contribution in [-0.2, 0) is 11.8 Å². The molecule has 1 fully saturated rings. The molecule has 4 heterocycles. The minimum atomic E-state index is -0.234. The van der Waals surface area contributed by atoms with E-state index in [2.05, 4.69) is 20.4 Å². The van der Waals surface area contributed by atoms with Gasteiger partial charge in [-0.3, -0.25) is 14.3 Å². The Morgan fingerprint density at radius 3 is 2.58 bits per heavy atom. The normalized spacial score (nSPS) is 13.5. The van der Waals surface area contributed by atoms with Crippen molar-refractivity contribution >= 4 is 28.2 Å². The molecule has 0 bridgehead atoms. The van der Waals surface area contributed by atoms with Crippen LogP contribution in [0.15, 0.2) is 59.9 Å². The van der Waals surface area contributed by atoms with Crippen molar-refractivity contribution in [2.45, 2.75) is 7.43 Å². The first-order valence-electron chi connectivity index (χ1n) is 10.3. The molecule has 0 spiro atoms. The number of hydrogen-bond acceptors (Lipinski definition) is 6. The van der Waals surface area contributed by atoms with Crippen molar-refractivity contribution in [3.05, 3.63) is 71.0 Å². The highest BCUT2D eigenvalue weighted by atomic mass is 16.5. The lowest BCUT2D eigenvalue weighted by atomic mass is 10.0. The third-order valence-electron chi connectivity index (χ3n) is 5.52. The Morgan fingerprint density at radius 1 is 1.12 bits per heavy atom. The highest BCUT2D eigenvalue weighted by molar-refractivity contribution is 6.02. The summed E-state index contributed by atoms with van der Waals surface area (Å²) in [6.45, 7) is 2.32. The van der Waals surface area contributed by atoms with Gasteiger partial charge in [0, 0.05) is 66.5 Å². The van der Waals surface area contributed by atoms with Crippen LogP contribution in [0, 0.1) is 0 Å². The number of fused-ring (bicyclic) bond motifs is 1. The number of H-pyrrole nitrogens is 1. The van der Waals surface area contributed by atoms with E-state index >= 15 is 0 Å². The van der Waals surface area contributed by atoms with Gasteiger partial charge in [0.1, 0.15) is 5.82 Å². The second kappa shape index (κ2) is 9.25. The summed E-state index contributed by atoms with van der Waals surface area (Å²) < 4.78 is 7.02. The van der Waals surface area contributed by atoms with Crippen LogP contribution in [0.4, 0.5) is 11.5 Å². The summed E-state index contributed by atoms with van der Waals surface area (Å²) in [5, 5.41) is 8.68. The fourth-order valence-corrected chi connectivity index (χ4v) is 3.87. The van der Waals surface area contributed by atoms with Crippen molar-refractivity contribution in [2.24, 2.45) is 7.05 Å². The van der Waals surface area contributed by atoms with E-state index in [1.165, 1.54) is 0 Å². The number of aryl methyl sites for hydroxylation is 1. The summed E-state index contributed by atoms with van der Waals surface area (Å²) in [4.78, 5) is 34.4. The van der Waals surface area contributed by atoms with E-state index in [4.69, 9.17) is 4.74 Å². The highest BCUT2D eigenvalue weighted by Crippen LogP contribution is 2.30. The summed E-state index contributed by atoms with van der Waals surface area (Å²) in [6.07, 6.45) is 6.99. The number of nitrogens with zero attached hydrogens (tertiary/aromatic N) is 4. The number of rotatable bonds is 4.